The molecule has 1 saturated carbocycles. The maximum Gasteiger partial charge on any atom is 0.334 e. The lowest BCUT2D eigenvalue weighted by Crippen LogP contribution is -2.35. The number of rotatable bonds is 8. The van der Waals surface area contributed by atoms with Crippen LogP contribution in [0.2, 0.25) is 0 Å². The summed E-state index contributed by atoms with van der Waals surface area (Å²) < 4.78 is 10.8. The Morgan fingerprint density at radius 3 is 1.50 bits per heavy atom. The van der Waals surface area contributed by atoms with Gasteiger partial charge >= 0.3 is 11.9 Å². The van der Waals surface area contributed by atoms with Crippen LogP contribution in [0.5, 0.6) is 0 Å². The van der Waals surface area contributed by atoms with Gasteiger partial charge < -0.3 is 9.47 Å². The van der Waals surface area contributed by atoms with Crippen LogP contribution in [0.3, 0.4) is 0 Å². The van der Waals surface area contributed by atoms with E-state index in [-0.39, 0.29) is 23.8 Å². The number of unbranched alkanes of at least 4 members (excludes halogenated alkanes) is 2. The van der Waals surface area contributed by atoms with Crippen LogP contribution in [0.25, 0.3) is 0 Å². The highest BCUT2D eigenvalue weighted by molar-refractivity contribution is 6.01. The van der Waals surface area contributed by atoms with Gasteiger partial charge in [0, 0.05) is 0 Å². The number of carbonyl (C=O) groups excluding carboxylic acids is 2. The highest BCUT2D eigenvalue weighted by Gasteiger charge is 2.42. The van der Waals surface area contributed by atoms with Gasteiger partial charge in [0.05, 0.1) is 24.4 Å². The van der Waals surface area contributed by atoms with Crippen molar-refractivity contribution < 1.29 is 19.1 Å². The molecule has 0 atom stereocenters. The number of fused-ring (bicyclic) bond motifs is 2. The van der Waals surface area contributed by atoms with Crippen LogP contribution in [-0.2, 0) is 19.1 Å². The minimum atomic E-state index is -0.287. The van der Waals surface area contributed by atoms with E-state index in [1.807, 2.05) is 0 Å². The second kappa shape index (κ2) is 8.35. The van der Waals surface area contributed by atoms with Crippen molar-refractivity contribution in [1.29, 1.82) is 0 Å². The number of hydrogen-bond donors (Lipinski definition) is 0. The number of ether oxygens (including phenoxy) is 2. The third-order valence-corrected chi connectivity index (χ3v) is 4.74. The first-order valence-corrected chi connectivity index (χ1v) is 8.77. The average molecular weight is 308 g/mol. The monoisotopic (exact) mass is 308 g/mol. The summed E-state index contributed by atoms with van der Waals surface area (Å²) in [6.07, 6.45) is 7.69. The zero-order valence-electron chi connectivity index (χ0n) is 13.9. The molecule has 0 radical (unpaired) electrons. The lowest BCUT2D eigenvalue weighted by Gasteiger charge is -2.38. The van der Waals surface area contributed by atoms with Crippen LogP contribution in [0.1, 0.15) is 65.2 Å². The van der Waals surface area contributed by atoms with Gasteiger partial charge in [-0.25, -0.2) is 9.59 Å². The molecule has 3 rings (SSSR count). The Bertz CT molecular complexity index is 390. The molecule has 0 amide bonds. The van der Waals surface area contributed by atoms with E-state index in [0.29, 0.717) is 24.4 Å². The highest BCUT2D eigenvalue weighted by atomic mass is 16.5. The Morgan fingerprint density at radius 1 is 0.818 bits per heavy atom. The van der Waals surface area contributed by atoms with Gasteiger partial charge in [-0.1, -0.05) is 26.7 Å². The maximum absolute atomic E-state index is 12.4. The molecule has 0 aromatic rings. The quantitative estimate of drug-likeness (QED) is 0.505. The second-order valence-corrected chi connectivity index (χ2v) is 6.35. The molecule has 3 aliphatic rings. The molecule has 0 saturated heterocycles. The van der Waals surface area contributed by atoms with E-state index in [0.717, 1.165) is 51.4 Å². The molecule has 0 unspecified atom stereocenters. The Kier molecular flexibility index (Phi) is 6.47. The standard InChI is InChI=1S/C18H28O4/c1-3-5-11-21-17(19)15-13-7-9-14(10-8-13)16(15)18(20)22-12-6-4-2/h13-14H,3-12H2,1-2H3. The first-order chi connectivity index (χ1) is 10.7. The van der Waals surface area contributed by atoms with Gasteiger partial charge in [0.15, 0.2) is 0 Å². The topological polar surface area (TPSA) is 52.6 Å². The summed E-state index contributed by atoms with van der Waals surface area (Å²) >= 11 is 0. The predicted molar refractivity (Wildman–Crippen MR) is 84.2 cm³/mol. The molecule has 22 heavy (non-hydrogen) atoms. The van der Waals surface area contributed by atoms with Gasteiger partial charge in [-0.2, -0.15) is 0 Å². The molecule has 3 aliphatic carbocycles. The van der Waals surface area contributed by atoms with Crippen LogP contribution in [0.15, 0.2) is 11.1 Å². The fraction of sp³-hybridized carbons (Fsp3) is 0.778. The van der Waals surface area contributed by atoms with Crippen molar-refractivity contribution in [3.63, 3.8) is 0 Å². The minimum Gasteiger partial charge on any atom is -0.462 e. The summed E-state index contributed by atoms with van der Waals surface area (Å²) in [6.45, 7) is 5.00. The van der Waals surface area contributed by atoms with Crippen LogP contribution in [0, 0.1) is 11.8 Å². The first kappa shape index (κ1) is 17.0. The molecule has 2 bridgehead atoms. The molecule has 1 fully saturated rings. The van der Waals surface area contributed by atoms with Crippen molar-refractivity contribution in [2.45, 2.75) is 65.2 Å². The fourth-order valence-corrected chi connectivity index (χ4v) is 3.44. The van der Waals surface area contributed by atoms with Gasteiger partial charge in [0.2, 0.25) is 0 Å². The first-order valence-electron chi connectivity index (χ1n) is 8.77. The molecule has 0 aliphatic heterocycles. The van der Waals surface area contributed by atoms with Crippen LogP contribution >= 0.6 is 0 Å². The minimum absolute atomic E-state index is 0.188. The Hall–Kier alpha value is -1.32. The van der Waals surface area contributed by atoms with E-state index in [1.165, 1.54) is 0 Å². The Morgan fingerprint density at radius 2 is 1.18 bits per heavy atom. The van der Waals surface area contributed by atoms with E-state index in [2.05, 4.69) is 13.8 Å². The molecule has 0 aromatic carbocycles. The number of esters is 2. The number of hydrogen-bond acceptors (Lipinski definition) is 4. The molecular formula is C18H28O4. The Balaban J connectivity index is 2.12. The van der Waals surface area contributed by atoms with E-state index in [4.69, 9.17) is 9.47 Å². The lowest BCUT2D eigenvalue weighted by molar-refractivity contribution is -0.144. The molecule has 0 N–H and O–H groups in total. The predicted octanol–water partition coefficient (Wildman–Crippen LogP) is 3.79. The molecule has 4 nitrogen and oxygen atoms in total. The largest absolute Gasteiger partial charge is 0.462 e. The molecule has 0 spiro atoms. The maximum atomic E-state index is 12.4. The van der Waals surface area contributed by atoms with Crippen molar-refractivity contribution in [2.24, 2.45) is 11.8 Å². The van der Waals surface area contributed by atoms with Crippen LogP contribution in [0.4, 0.5) is 0 Å². The SMILES string of the molecule is CCCCOC(=O)C1=C(C(=O)OCCCC)C2CCC1CC2. The fourth-order valence-electron chi connectivity index (χ4n) is 3.44. The summed E-state index contributed by atoms with van der Waals surface area (Å²) in [5, 5.41) is 0. The molecule has 0 aromatic heterocycles. The third kappa shape index (κ3) is 3.90. The summed E-state index contributed by atoms with van der Waals surface area (Å²) in [5.74, 6) is -0.198. The van der Waals surface area contributed by atoms with Crippen LogP contribution < -0.4 is 0 Å². The summed E-state index contributed by atoms with van der Waals surface area (Å²) in [6, 6.07) is 0. The van der Waals surface area contributed by atoms with E-state index < -0.39 is 0 Å². The lowest BCUT2D eigenvalue weighted by atomic mass is 9.67. The smallest absolute Gasteiger partial charge is 0.334 e. The Labute approximate surface area is 133 Å². The van der Waals surface area contributed by atoms with E-state index in [1.54, 1.807) is 0 Å². The van der Waals surface area contributed by atoms with E-state index in [9.17, 15) is 9.59 Å². The highest BCUT2D eigenvalue weighted by Crippen LogP contribution is 2.46. The number of carbonyl (C=O) groups is 2. The van der Waals surface area contributed by atoms with Crippen LogP contribution in [-0.4, -0.2) is 25.2 Å². The van der Waals surface area contributed by atoms with Crippen molar-refractivity contribution in [1.82, 2.24) is 0 Å². The zero-order valence-corrected chi connectivity index (χ0v) is 13.9. The van der Waals surface area contributed by atoms with Crippen molar-refractivity contribution in [3.05, 3.63) is 11.1 Å². The summed E-state index contributed by atoms with van der Waals surface area (Å²) in [7, 11) is 0. The van der Waals surface area contributed by atoms with Crippen molar-refractivity contribution in [2.75, 3.05) is 13.2 Å². The third-order valence-electron chi connectivity index (χ3n) is 4.74. The van der Waals surface area contributed by atoms with Gasteiger partial charge in [0.25, 0.3) is 0 Å². The zero-order chi connectivity index (χ0) is 15.9. The van der Waals surface area contributed by atoms with Gasteiger partial charge in [0.1, 0.15) is 0 Å². The molecule has 0 heterocycles. The molecule has 124 valence electrons. The molecule has 4 heteroatoms. The van der Waals surface area contributed by atoms with Gasteiger partial charge in [-0.15, -0.1) is 0 Å². The summed E-state index contributed by atoms with van der Waals surface area (Å²) in [4.78, 5) is 24.8. The normalized spacial score (nSPS) is 23.5. The van der Waals surface area contributed by atoms with Crippen molar-refractivity contribution >= 4 is 11.9 Å². The second-order valence-electron chi connectivity index (χ2n) is 6.35. The average Bonchev–Trinajstić information content (AvgIpc) is 2.55. The van der Waals surface area contributed by atoms with Gasteiger partial charge in [-0.05, 0) is 50.4 Å². The summed E-state index contributed by atoms with van der Waals surface area (Å²) in [5.41, 5.74) is 1.25. The molecular weight excluding hydrogens is 280 g/mol. The van der Waals surface area contributed by atoms with Crippen molar-refractivity contribution in [3.8, 4) is 0 Å². The van der Waals surface area contributed by atoms with E-state index >= 15 is 0 Å². The van der Waals surface area contributed by atoms with Gasteiger partial charge in [-0.3, -0.25) is 0 Å².